The SMILES string of the molecule is CN(c1ncccc1Cl)C1Cc2ccccc2C1. The first-order chi connectivity index (χ1) is 8.75. The predicted octanol–water partition coefficient (Wildman–Crippen LogP) is 3.34. The highest BCUT2D eigenvalue weighted by molar-refractivity contribution is 6.32. The first kappa shape index (κ1) is 11.5. The number of hydrogen-bond donors (Lipinski definition) is 0. The molecule has 0 N–H and O–H groups in total. The van der Waals surface area contributed by atoms with E-state index in [1.807, 2.05) is 12.1 Å². The molecule has 0 spiro atoms. The average Bonchev–Trinajstić information content (AvgIpc) is 2.82. The minimum Gasteiger partial charge on any atom is -0.355 e. The summed E-state index contributed by atoms with van der Waals surface area (Å²) in [5.74, 6) is 0.872. The van der Waals surface area contributed by atoms with Crippen molar-refractivity contribution in [2.75, 3.05) is 11.9 Å². The normalized spacial score (nSPS) is 14.6. The molecule has 92 valence electrons. The topological polar surface area (TPSA) is 16.1 Å². The summed E-state index contributed by atoms with van der Waals surface area (Å²) < 4.78 is 0. The van der Waals surface area contributed by atoms with Crippen molar-refractivity contribution in [3.8, 4) is 0 Å². The Labute approximate surface area is 112 Å². The van der Waals surface area contributed by atoms with Crippen LogP contribution in [0.3, 0.4) is 0 Å². The molecule has 1 heterocycles. The smallest absolute Gasteiger partial charge is 0.147 e. The van der Waals surface area contributed by atoms with Crippen LogP contribution < -0.4 is 4.90 Å². The molecule has 0 saturated carbocycles. The van der Waals surface area contributed by atoms with Crippen LogP contribution in [0.4, 0.5) is 5.82 Å². The predicted molar refractivity (Wildman–Crippen MR) is 75.3 cm³/mol. The number of nitrogens with zero attached hydrogens (tertiary/aromatic N) is 2. The summed E-state index contributed by atoms with van der Waals surface area (Å²) in [4.78, 5) is 6.58. The lowest BCUT2D eigenvalue weighted by molar-refractivity contribution is 0.659. The number of benzene rings is 1. The Kier molecular flexibility index (Phi) is 2.96. The van der Waals surface area contributed by atoms with Crippen LogP contribution in [0.2, 0.25) is 5.02 Å². The van der Waals surface area contributed by atoms with Crippen molar-refractivity contribution in [2.45, 2.75) is 18.9 Å². The minimum atomic E-state index is 0.454. The van der Waals surface area contributed by atoms with E-state index in [0.717, 1.165) is 23.7 Å². The molecule has 2 nitrogen and oxygen atoms in total. The van der Waals surface area contributed by atoms with E-state index in [4.69, 9.17) is 11.6 Å². The van der Waals surface area contributed by atoms with Crippen LogP contribution in [-0.4, -0.2) is 18.1 Å². The van der Waals surface area contributed by atoms with Crippen LogP contribution in [0.15, 0.2) is 42.6 Å². The third-order valence-corrected chi connectivity index (χ3v) is 3.95. The van der Waals surface area contributed by atoms with Crippen LogP contribution in [-0.2, 0) is 12.8 Å². The van der Waals surface area contributed by atoms with E-state index in [2.05, 4.69) is 41.2 Å². The number of pyridine rings is 1. The van der Waals surface area contributed by atoms with Crippen LogP contribution >= 0.6 is 11.6 Å². The van der Waals surface area contributed by atoms with Gasteiger partial charge < -0.3 is 4.90 Å². The summed E-state index contributed by atoms with van der Waals surface area (Å²) in [6.45, 7) is 0. The third-order valence-electron chi connectivity index (χ3n) is 3.65. The number of aromatic nitrogens is 1. The number of hydrogen-bond acceptors (Lipinski definition) is 2. The van der Waals surface area contributed by atoms with Crippen molar-refractivity contribution < 1.29 is 0 Å². The lowest BCUT2D eigenvalue weighted by atomic mass is 10.1. The lowest BCUT2D eigenvalue weighted by Gasteiger charge is -2.26. The molecule has 1 aliphatic carbocycles. The van der Waals surface area contributed by atoms with Gasteiger partial charge in [0.05, 0.1) is 5.02 Å². The molecule has 3 heteroatoms. The monoisotopic (exact) mass is 258 g/mol. The van der Waals surface area contributed by atoms with E-state index in [1.165, 1.54) is 11.1 Å². The van der Waals surface area contributed by atoms with Crippen molar-refractivity contribution in [3.63, 3.8) is 0 Å². The highest BCUT2D eigenvalue weighted by atomic mass is 35.5. The van der Waals surface area contributed by atoms with Gasteiger partial charge in [-0.05, 0) is 36.1 Å². The fourth-order valence-corrected chi connectivity index (χ4v) is 2.87. The number of likely N-dealkylation sites (N-methyl/N-ethyl adjacent to an activating group) is 1. The Bertz CT molecular complexity index is 543. The molecular weight excluding hydrogens is 244 g/mol. The van der Waals surface area contributed by atoms with Gasteiger partial charge in [0.1, 0.15) is 5.82 Å². The minimum absolute atomic E-state index is 0.454. The van der Waals surface area contributed by atoms with Crippen LogP contribution in [0.25, 0.3) is 0 Å². The maximum atomic E-state index is 6.20. The molecule has 1 aromatic carbocycles. The molecule has 1 aliphatic rings. The van der Waals surface area contributed by atoms with Gasteiger partial charge in [0.25, 0.3) is 0 Å². The van der Waals surface area contributed by atoms with E-state index in [1.54, 1.807) is 6.20 Å². The molecule has 0 unspecified atom stereocenters. The van der Waals surface area contributed by atoms with Crippen molar-refractivity contribution >= 4 is 17.4 Å². The Morgan fingerprint density at radius 1 is 1.11 bits per heavy atom. The third kappa shape index (κ3) is 1.97. The first-order valence-electron chi connectivity index (χ1n) is 6.16. The highest BCUT2D eigenvalue weighted by Gasteiger charge is 2.25. The zero-order valence-corrected chi connectivity index (χ0v) is 11.1. The molecule has 0 fully saturated rings. The second-order valence-electron chi connectivity index (χ2n) is 4.75. The molecule has 0 amide bonds. The summed E-state index contributed by atoms with van der Waals surface area (Å²) in [7, 11) is 2.07. The molecule has 3 rings (SSSR count). The van der Waals surface area contributed by atoms with E-state index in [0.29, 0.717) is 6.04 Å². The van der Waals surface area contributed by atoms with E-state index in [-0.39, 0.29) is 0 Å². The van der Waals surface area contributed by atoms with Crippen LogP contribution in [0, 0.1) is 0 Å². The Hall–Kier alpha value is -1.54. The van der Waals surface area contributed by atoms with E-state index in [9.17, 15) is 0 Å². The fraction of sp³-hybridized carbons (Fsp3) is 0.267. The van der Waals surface area contributed by atoms with Crippen molar-refractivity contribution in [1.29, 1.82) is 0 Å². The van der Waals surface area contributed by atoms with E-state index >= 15 is 0 Å². The summed E-state index contributed by atoms with van der Waals surface area (Å²) in [5, 5.41) is 0.718. The average molecular weight is 259 g/mol. The number of rotatable bonds is 2. The zero-order chi connectivity index (χ0) is 12.5. The Morgan fingerprint density at radius 3 is 2.39 bits per heavy atom. The van der Waals surface area contributed by atoms with Crippen LogP contribution in [0.5, 0.6) is 0 Å². The van der Waals surface area contributed by atoms with Gasteiger partial charge in [-0.25, -0.2) is 4.98 Å². The molecular formula is C15H15ClN2. The molecule has 0 aliphatic heterocycles. The highest BCUT2D eigenvalue weighted by Crippen LogP contribution is 2.30. The molecule has 1 aromatic heterocycles. The second-order valence-corrected chi connectivity index (χ2v) is 5.16. The largest absolute Gasteiger partial charge is 0.355 e. The molecule has 0 atom stereocenters. The summed E-state index contributed by atoms with van der Waals surface area (Å²) in [6.07, 6.45) is 3.93. The number of halogens is 1. The van der Waals surface area contributed by atoms with Gasteiger partial charge in [0, 0.05) is 19.3 Å². The van der Waals surface area contributed by atoms with Gasteiger partial charge in [-0.3, -0.25) is 0 Å². The van der Waals surface area contributed by atoms with Crippen molar-refractivity contribution in [1.82, 2.24) is 4.98 Å². The van der Waals surface area contributed by atoms with Gasteiger partial charge in [-0.2, -0.15) is 0 Å². The van der Waals surface area contributed by atoms with Crippen LogP contribution in [0.1, 0.15) is 11.1 Å². The van der Waals surface area contributed by atoms with Gasteiger partial charge in [-0.15, -0.1) is 0 Å². The molecule has 2 aromatic rings. The number of fused-ring (bicyclic) bond motifs is 1. The number of anilines is 1. The maximum absolute atomic E-state index is 6.20. The first-order valence-corrected chi connectivity index (χ1v) is 6.53. The fourth-order valence-electron chi connectivity index (χ4n) is 2.62. The zero-order valence-electron chi connectivity index (χ0n) is 10.3. The molecule has 0 radical (unpaired) electrons. The van der Waals surface area contributed by atoms with Gasteiger partial charge in [-0.1, -0.05) is 35.9 Å². The summed E-state index contributed by atoms with van der Waals surface area (Å²) in [5.41, 5.74) is 2.89. The Morgan fingerprint density at radius 2 is 1.78 bits per heavy atom. The summed E-state index contributed by atoms with van der Waals surface area (Å²) in [6, 6.07) is 12.8. The molecule has 18 heavy (non-hydrogen) atoms. The maximum Gasteiger partial charge on any atom is 0.147 e. The van der Waals surface area contributed by atoms with Gasteiger partial charge in [0.15, 0.2) is 0 Å². The van der Waals surface area contributed by atoms with Gasteiger partial charge >= 0.3 is 0 Å². The summed E-state index contributed by atoms with van der Waals surface area (Å²) >= 11 is 6.20. The van der Waals surface area contributed by atoms with Gasteiger partial charge in [0.2, 0.25) is 0 Å². The molecule has 0 saturated heterocycles. The lowest BCUT2D eigenvalue weighted by Crippen LogP contribution is -2.32. The van der Waals surface area contributed by atoms with Crippen molar-refractivity contribution in [3.05, 3.63) is 58.7 Å². The second kappa shape index (κ2) is 4.62. The quantitative estimate of drug-likeness (QED) is 0.821. The van der Waals surface area contributed by atoms with Crippen molar-refractivity contribution in [2.24, 2.45) is 0 Å². The van der Waals surface area contributed by atoms with E-state index < -0.39 is 0 Å². The standard InChI is InChI=1S/C15H15ClN2/c1-18(15-14(16)7-4-8-17-15)13-9-11-5-2-3-6-12(11)10-13/h2-8,13H,9-10H2,1H3. The molecule has 0 bridgehead atoms. The Balaban J connectivity index is 1.85.